The van der Waals surface area contributed by atoms with Crippen LogP contribution in [0.2, 0.25) is 0 Å². The van der Waals surface area contributed by atoms with E-state index in [1.54, 1.807) is 36.5 Å². The van der Waals surface area contributed by atoms with Crippen LogP contribution in [-0.4, -0.2) is 21.1 Å². The van der Waals surface area contributed by atoms with Gasteiger partial charge in [-0.05, 0) is 46.8 Å². The summed E-state index contributed by atoms with van der Waals surface area (Å²) in [4.78, 5) is 17.5. The molecule has 0 aliphatic heterocycles. The van der Waals surface area contributed by atoms with E-state index in [1.165, 1.54) is 12.1 Å². The number of phenolic OH excluding ortho intramolecular Hbond substituents is 1. The van der Waals surface area contributed by atoms with Crippen LogP contribution in [0.3, 0.4) is 0 Å². The van der Waals surface area contributed by atoms with Crippen molar-refractivity contribution in [3.05, 3.63) is 70.9 Å². The van der Waals surface area contributed by atoms with Crippen molar-refractivity contribution in [1.82, 2.24) is 10.3 Å². The summed E-state index contributed by atoms with van der Waals surface area (Å²) in [5, 5.41) is 23.1. The molecule has 3 N–H and O–H groups in total. The maximum atomic E-state index is 13.1. The first-order valence-electron chi connectivity index (χ1n) is 8.77. The van der Waals surface area contributed by atoms with Gasteiger partial charge in [-0.1, -0.05) is 12.1 Å². The van der Waals surface area contributed by atoms with Crippen molar-refractivity contribution < 1.29 is 19.4 Å². The molecular formula is C21H20FN2O3PS. The predicted octanol–water partition coefficient (Wildman–Crippen LogP) is 3.14. The van der Waals surface area contributed by atoms with E-state index in [9.17, 15) is 19.4 Å². The summed E-state index contributed by atoms with van der Waals surface area (Å²) in [6.07, 6.45) is 1.59. The number of hydrogen-bond donors (Lipinski definition) is 4. The summed E-state index contributed by atoms with van der Waals surface area (Å²) in [6, 6.07) is 11.5. The number of rotatable bonds is 6. The zero-order chi connectivity index (χ0) is 21.0. The van der Waals surface area contributed by atoms with Crippen molar-refractivity contribution in [3.63, 3.8) is 0 Å². The quantitative estimate of drug-likeness (QED) is 0.358. The van der Waals surface area contributed by atoms with Crippen molar-refractivity contribution in [1.29, 1.82) is 0 Å². The fraction of sp³-hybridized carbons (Fsp3) is 0.143. The Morgan fingerprint density at radius 2 is 2.00 bits per heavy atom. The SMILES string of the molecule is O=C(NCc1cc(P)c(S)c(CF)c1)c1cc(-c2ncccc2CO)ccc1O. The normalized spacial score (nSPS) is 10.8. The molecule has 1 atom stereocenters. The summed E-state index contributed by atoms with van der Waals surface area (Å²) >= 11 is 4.28. The fourth-order valence-corrected chi connectivity index (χ4v) is 3.55. The Morgan fingerprint density at radius 3 is 2.72 bits per heavy atom. The number of nitrogens with zero attached hydrogens (tertiary/aromatic N) is 1. The first-order valence-corrected chi connectivity index (χ1v) is 9.79. The summed E-state index contributed by atoms with van der Waals surface area (Å²) in [6.45, 7) is -0.681. The number of halogens is 1. The number of carbonyl (C=O) groups is 1. The summed E-state index contributed by atoms with van der Waals surface area (Å²) < 4.78 is 13.1. The number of aromatic hydroxyl groups is 1. The highest BCUT2D eigenvalue weighted by molar-refractivity contribution is 7.80. The Kier molecular flexibility index (Phi) is 6.85. The van der Waals surface area contributed by atoms with Gasteiger partial charge < -0.3 is 15.5 Å². The van der Waals surface area contributed by atoms with Crippen LogP contribution in [0, 0.1) is 0 Å². The number of pyridine rings is 1. The largest absolute Gasteiger partial charge is 0.507 e. The minimum absolute atomic E-state index is 0.0830. The van der Waals surface area contributed by atoms with Crippen molar-refractivity contribution in [2.24, 2.45) is 0 Å². The molecule has 0 saturated carbocycles. The first kappa shape index (κ1) is 21.2. The van der Waals surface area contributed by atoms with Gasteiger partial charge in [-0.25, -0.2) is 4.39 Å². The second-order valence-corrected chi connectivity index (χ2v) is 7.48. The number of thiol groups is 1. The molecule has 2 aromatic carbocycles. The van der Waals surface area contributed by atoms with Crippen LogP contribution in [0.4, 0.5) is 4.39 Å². The third-order valence-electron chi connectivity index (χ3n) is 4.45. The lowest BCUT2D eigenvalue weighted by Gasteiger charge is -2.12. The van der Waals surface area contributed by atoms with Crippen molar-refractivity contribution in [2.75, 3.05) is 0 Å². The molecule has 150 valence electrons. The van der Waals surface area contributed by atoms with Crippen molar-refractivity contribution >= 4 is 33.1 Å². The lowest BCUT2D eigenvalue weighted by atomic mass is 10.0. The van der Waals surface area contributed by atoms with Crippen LogP contribution in [0.5, 0.6) is 5.75 Å². The van der Waals surface area contributed by atoms with Crippen molar-refractivity contribution in [3.8, 4) is 17.0 Å². The van der Waals surface area contributed by atoms with Crippen LogP contribution in [0.1, 0.15) is 27.0 Å². The minimum atomic E-state index is -0.651. The second kappa shape index (κ2) is 9.35. The fourth-order valence-electron chi connectivity index (χ4n) is 2.96. The zero-order valence-corrected chi connectivity index (χ0v) is 17.4. The highest BCUT2D eigenvalue weighted by Gasteiger charge is 2.15. The van der Waals surface area contributed by atoms with E-state index in [4.69, 9.17) is 0 Å². The standard InChI is InChI=1S/C21H20FN2O3PS/c22-9-15-6-12(7-18(28)20(15)29)10-24-21(27)16-8-13(3-4-17(16)26)19-14(11-25)2-1-5-23-19/h1-8,25-26,29H,9-11,28H2,(H,24,27). The Bertz CT molecular complexity index is 1060. The molecule has 1 amide bonds. The molecule has 29 heavy (non-hydrogen) atoms. The number of aliphatic hydroxyl groups excluding tert-OH is 1. The van der Waals surface area contributed by atoms with E-state index in [0.29, 0.717) is 27.3 Å². The molecule has 3 aromatic rings. The molecule has 3 rings (SSSR count). The van der Waals surface area contributed by atoms with E-state index in [1.807, 2.05) is 0 Å². The van der Waals surface area contributed by atoms with Gasteiger partial charge in [-0.3, -0.25) is 9.78 Å². The number of benzene rings is 2. The van der Waals surface area contributed by atoms with Crippen LogP contribution in [0.15, 0.2) is 53.6 Å². The zero-order valence-electron chi connectivity index (χ0n) is 15.4. The predicted molar refractivity (Wildman–Crippen MR) is 116 cm³/mol. The number of hydrogen-bond acceptors (Lipinski definition) is 5. The number of nitrogens with one attached hydrogen (secondary N) is 1. The molecule has 0 aliphatic rings. The van der Waals surface area contributed by atoms with E-state index < -0.39 is 12.6 Å². The monoisotopic (exact) mass is 430 g/mol. The van der Waals surface area contributed by atoms with Gasteiger partial charge in [0, 0.05) is 28.8 Å². The van der Waals surface area contributed by atoms with E-state index in [-0.39, 0.29) is 24.5 Å². The summed E-state index contributed by atoms with van der Waals surface area (Å²) in [5.74, 6) is -0.650. The summed E-state index contributed by atoms with van der Waals surface area (Å²) in [5.41, 5.74) is 3.00. The van der Waals surface area contributed by atoms with Gasteiger partial charge >= 0.3 is 0 Å². The summed E-state index contributed by atoms with van der Waals surface area (Å²) in [7, 11) is 2.49. The molecule has 1 heterocycles. The van der Waals surface area contributed by atoms with Gasteiger partial charge in [0.1, 0.15) is 12.4 Å². The highest BCUT2D eigenvalue weighted by Crippen LogP contribution is 2.27. The van der Waals surface area contributed by atoms with Crippen molar-refractivity contribution in [2.45, 2.75) is 24.7 Å². The smallest absolute Gasteiger partial charge is 0.255 e. The molecule has 0 fully saturated rings. The molecule has 1 unspecified atom stereocenters. The molecule has 0 radical (unpaired) electrons. The lowest BCUT2D eigenvalue weighted by molar-refractivity contribution is 0.0948. The van der Waals surface area contributed by atoms with Crippen LogP contribution in [0.25, 0.3) is 11.3 Å². The van der Waals surface area contributed by atoms with E-state index in [2.05, 4.69) is 32.2 Å². The average Bonchev–Trinajstić information content (AvgIpc) is 2.74. The van der Waals surface area contributed by atoms with Crippen LogP contribution < -0.4 is 10.6 Å². The Balaban J connectivity index is 1.84. The number of carbonyl (C=O) groups excluding carboxylic acids is 1. The first-order chi connectivity index (χ1) is 13.9. The molecule has 1 aromatic heterocycles. The van der Waals surface area contributed by atoms with Gasteiger partial charge in [-0.2, -0.15) is 0 Å². The molecular weight excluding hydrogens is 410 g/mol. The van der Waals surface area contributed by atoms with Gasteiger partial charge in [-0.15, -0.1) is 21.9 Å². The molecule has 5 nitrogen and oxygen atoms in total. The third-order valence-corrected chi connectivity index (χ3v) is 5.70. The Hall–Kier alpha value is -2.47. The molecule has 0 saturated heterocycles. The number of phenols is 1. The molecule has 0 bridgehead atoms. The Morgan fingerprint density at radius 1 is 1.21 bits per heavy atom. The Labute approximate surface area is 175 Å². The number of aromatic nitrogens is 1. The number of aliphatic hydroxyl groups is 1. The molecule has 0 aliphatic carbocycles. The lowest BCUT2D eigenvalue weighted by Crippen LogP contribution is -2.23. The van der Waals surface area contributed by atoms with Crippen LogP contribution in [-0.2, 0) is 19.8 Å². The average molecular weight is 430 g/mol. The van der Waals surface area contributed by atoms with Crippen LogP contribution >= 0.6 is 21.9 Å². The van der Waals surface area contributed by atoms with Gasteiger partial charge in [0.2, 0.25) is 0 Å². The molecule has 0 spiro atoms. The topological polar surface area (TPSA) is 82.5 Å². The second-order valence-electron chi connectivity index (χ2n) is 6.41. The van der Waals surface area contributed by atoms with E-state index in [0.717, 1.165) is 10.9 Å². The molecule has 8 heteroatoms. The van der Waals surface area contributed by atoms with Gasteiger partial charge in [0.25, 0.3) is 5.91 Å². The maximum absolute atomic E-state index is 13.1. The maximum Gasteiger partial charge on any atom is 0.255 e. The highest BCUT2D eigenvalue weighted by atomic mass is 32.1. The van der Waals surface area contributed by atoms with E-state index >= 15 is 0 Å². The number of alkyl halides is 1. The van der Waals surface area contributed by atoms with Gasteiger partial charge in [0.15, 0.2) is 0 Å². The third kappa shape index (κ3) is 4.75. The van der Waals surface area contributed by atoms with Gasteiger partial charge in [0.05, 0.1) is 17.9 Å². The minimum Gasteiger partial charge on any atom is -0.507 e. The number of amides is 1.